The molecule has 0 unspecified atom stereocenters. The molecule has 0 atom stereocenters. The third-order valence-corrected chi connectivity index (χ3v) is 2.71. The first kappa shape index (κ1) is 14.7. The zero-order valence-corrected chi connectivity index (χ0v) is 11.7. The molecule has 1 aromatic carbocycles. The molecule has 0 aromatic heterocycles. The van der Waals surface area contributed by atoms with Crippen molar-refractivity contribution in [1.82, 2.24) is 5.32 Å². The summed E-state index contributed by atoms with van der Waals surface area (Å²) in [6, 6.07) is 5.14. The van der Waals surface area contributed by atoms with Gasteiger partial charge in [0.05, 0.1) is 6.54 Å². The van der Waals surface area contributed by atoms with E-state index in [1.165, 1.54) is 0 Å². The van der Waals surface area contributed by atoms with Crippen molar-refractivity contribution in [1.29, 1.82) is 0 Å². The number of amides is 1. The average molecular weight is 286 g/mol. The minimum Gasteiger partial charge on any atom is -0.389 e. The fourth-order valence-corrected chi connectivity index (χ4v) is 1.73. The molecule has 4 nitrogen and oxygen atoms in total. The smallest absolute Gasteiger partial charge is 0.239 e. The van der Waals surface area contributed by atoms with Crippen molar-refractivity contribution in [3.8, 4) is 0 Å². The molecule has 0 radical (unpaired) electrons. The Morgan fingerprint density at radius 1 is 1.50 bits per heavy atom. The Bertz CT molecular complexity index is 451. The number of benzene rings is 1. The number of halogens is 1. The monoisotopic (exact) mass is 285 g/mol. The summed E-state index contributed by atoms with van der Waals surface area (Å²) < 4.78 is 0. The summed E-state index contributed by atoms with van der Waals surface area (Å²) in [5, 5.41) is 6.31. The van der Waals surface area contributed by atoms with Crippen LogP contribution in [0.5, 0.6) is 0 Å². The van der Waals surface area contributed by atoms with Gasteiger partial charge in [-0.3, -0.25) is 4.79 Å². The molecule has 0 spiro atoms. The van der Waals surface area contributed by atoms with E-state index in [1.54, 1.807) is 18.2 Å². The summed E-state index contributed by atoms with van der Waals surface area (Å²) in [6.45, 7) is 2.82. The molecule has 0 heterocycles. The topological polar surface area (TPSA) is 67.2 Å². The number of thiocarbonyl (C=S) groups is 1. The Balaban J connectivity index is 2.68. The maximum atomic E-state index is 11.5. The van der Waals surface area contributed by atoms with Crippen LogP contribution < -0.4 is 16.4 Å². The molecule has 1 aromatic rings. The van der Waals surface area contributed by atoms with Gasteiger partial charge in [-0.05, 0) is 24.6 Å². The molecule has 18 heavy (non-hydrogen) atoms. The minimum atomic E-state index is -0.0780. The van der Waals surface area contributed by atoms with Crippen LogP contribution in [0.25, 0.3) is 0 Å². The van der Waals surface area contributed by atoms with Gasteiger partial charge in [0.1, 0.15) is 4.99 Å². The van der Waals surface area contributed by atoms with E-state index in [2.05, 4.69) is 10.6 Å². The van der Waals surface area contributed by atoms with Gasteiger partial charge >= 0.3 is 0 Å². The molecule has 1 amide bonds. The van der Waals surface area contributed by atoms with Gasteiger partial charge in [-0.1, -0.05) is 30.7 Å². The van der Waals surface area contributed by atoms with Crippen LogP contribution in [-0.2, 0) is 4.79 Å². The van der Waals surface area contributed by atoms with Crippen LogP contribution in [0, 0.1) is 0 Å². The quantitative estimate of drug-likeness (QED) is 0.699. The first-order valence-electron chi connectivity index (χ1n) is 5.64. The Morgan fingerprint density at radius 3 is 2.83 bits per heavy atom. The highest BCUT2D eigenvalue weighted by molar-refractivity contribution is 7.80. The van der Waals surface area contributed by atoms with E-state index in [1.807, 2.05) is 6.92 Å². The van der Waals surface area contributed by atoms with E-state index in [9.17, 15) is 4.79 Å². The summed E-state index contributed by atoms with van der Waals surface area (Å²) in [5.74, 6) is -0.0780. The highest BCUT2D eigenvalue weighted by Crippen LogP contribution is 2.20. The first-order chi connectivity index (χ1) is 8.54. The van der Waals surface area contributed by atoms with Crippen LogP contribution in [0.15, 0.2) is 18.2 Å². The highest BCUT2D eigenvalue weighted by Gasteiger charge is 2.07. The number of carbonyl (C=O) groups is 1. The number of hydrogen-bond acceptors (Lipinski definition) is 3. The molecule has 0 fully saturated rings. The standard InChI is InChI=1S/C12H16ClN3OS/c1-2-5-15-11(17)7-16-10-6-8(13)3-4-9(10)12(14)18/h3-4,6,16H,2,5,7H2,1H3,(H2,14,18)(H,15,17). The van der Waals surface area contributed by atoms with Gasteiger partial charge in [0, 0.05) is 22.8 Å². The number of nitrogens with one attached hydrogen (secondary N) is 2. The Labute approximate surface area is 117 Å². The van der Waals surface area contributed by atoms with Crippen molar-refractivity contribution in [3.05, 3.63) is 28.8 Å². The van der Waals surface area contributed by atoms with Gasteiger partial charge in [0.15, 0.2) is 0 Å². The average Bonchev–Trinajstić information content (AvgIpc) is 2.33. The summed E-state index contributed by atoms with van der Waals surface area (Å²) in [4.78, 5) is 11.7. The van der Waals surface area contributed by atoms with E-state index < -0.39 is 0 Å². The summed E-state index contributed by atoms with van der Waals surface area (Å²) in [5.41, 5.74) is 6.95. The third-order valence-electron chi connectivity index (χ3n) is 2.26. The van der Waals surface area contributed by atoms with Crippen LogP contribution in [0.4, 0.5) is 5.69 Å². The van der Waals surface area contributed by atoms with E-state index >= 15 is 0 Å². The lowest BCUT2D eigenvalue weighted by molar-refractivity contribution is -0.119. The van der Waals surface area contributed by atoms with Crippen molar-refractivity contribution >= 4 is 40.4 Å². The van der Waals surface area contributed by atoms with E-state index in [-0.39, 0.29) is 17.4 Å². The molecule has 0 saturated heterocycles. The molecule has 1 rings (SSSR count). The Morgan fingerprint density at radius 2 is 2.22 bits per heavy atom. The second kappa shape index (κ2) is 7.18. The lowest BCUT2D eigenvalue weighted by Crippen LogP contribution is -2.30. The highest BCUT2D eigenvalue weighted by atomic mass is 35.5. The fraction of sp³-hybridized carbons (Fsp3) is 0.333. The molecule has 0 aliphatic heterocycles. The number of hydrogen-bond donors (Lipinski definition) is 3. The Kier molecular flexibility index (Phi) is 5.88. The SMILES string of the molecule is CCCNC(=O)CNc1cc(Cl)ccc1C(N)=S. The zero-order chi connectivity index (χ0) is 13.5. The second-order valence-electron chi connectivity index (χ2n) is 3.76. The van der Waals surface area contributed by atoms with Crippen molar-refractivity contribution in [2.45, 2.75) is 13.3 Å². The summed E-state index contributed by atoms with van der Waals surface area (Å²) in [6.07, 6.45) is 0.904. The van der Waals surface area contributed by atoms with Crippen LogP contribution >= 0.6 is 23.8 Å². The second-order valence-corrected chi connectivity index (χ2v) is 4.63. The maximum Gasteiger partial charge on any atom is 0.239 e. The molecule has 6 heteroatoms. The number of carbonyl (C=O) groups excluding carboxylic acids is 1. The van der Waals surface area contributed by atoms with E-state index in [0.717, 1.165) is 6.42 Å². The number of anilines is 1. The lowest BCUT2D eigenvalue weighted by Gasteiger charge is -2.11. The van der Waals surface area contributed by atoms with Gasteiger partial charge in [0.25, 0.3) is 0 Å². The summed E-state index contributed by atoms with van der Waals surface area (Å²) >= 11 is 10.8. The van der Waals surface area contributed by atoms with Gasteiger partial charge in [-0.2, -0.15) is 0 Å². The number of rotatable bonds is 6. The molecule has 4 N–H and O–H groups in total. The maximum absolute atomic E-state index is 11.5. The van der Waals surface area contributed by atoms with Crippen molar-refractivity contribution < 1.29 is 4.79 Å². The third kappa shape index (κ3) is 4.50. The van der Waals surface area contributed by atoms with Crippen molar-refractivity contribution in [3.63, 3.8) is 0 Å². The van der Waals surface area contributed by atoms with Gasteiger partial charge in [-0.15, -0.1) is 0 Å². The van der Waals surface area contributed by atoms with Gasteiger partial charge in [0.2, 0.25) is 5.91 Å². The van der Waals surface area contributed by atoms with E-state index in [4.69, 9.17) is 29.6 Å². The predicted octanol–water partition coefficient (Wildman–Crippen LogP) is 1.91. The molecule has 98 valence electrons. The van der Waals surface area contributed by atoms with E-state index in [0.29, 0.717) is 22.8 Å². The molecular weight excluding hydrogens is 270 g/mol. The lowest BCUT2D eigenvalue weighted by atomic mass is 10.2. The molecule has 0 bridgehead atoms. The molecule has 0 saturated carbocycles. The van der Waals surface area contributed by atoms with Crippen LogP contribution in [0.3, 0.4) is 0 Å². The summed E-state index contributed by atoms with van der Waals surface area (Å²) in [7, 11) is 0. The minimum absolute atomic E-state index is 0.0780. The predicted molar refractivity (Wildman–Crippen MR) is 79.1 cm³/mol. The van der Waals surface area contributed by atoms with Crippen LogP contribution in [0.2, 0.25) is 5.02 Å². The molecular formula is C12H16ClN3OS. The Hall–Kier alpha value is -1.33. The fourth-order valence-electron chi connectivity index (χ4n) is 1.38. The largest absolute Gasteiger partial charge is 0.389 e. The number of nitrogens with two attached hydrogens (primary N) is 1. The van der Waals surface area contributed by atoms with Crippen LogP contribution in [0.1, 0.15) is 18.9 Å². The van der Waals surface area contributed by atoms with Gasteiger partial charge in [-0.25, -0.2) is 0 Å². The normalized spacial score (nSPS) is 9.89. The van der Waals surface area contributed by atoms with Gasteiger partial charge < -0.3 is 16.4 Å². The van der Waals surface area contributed by atoms with Crippen LogP contribution in [-0.4, -0.2) is 24.0 Å². The first-order valence-corrected chi connectivity index (χ1v) is 6.43. The molecule has 0 aliphatic rings. The van der Waals surface area contributed by atoms with Crippen molar-refractivity contribution in [2.75, 3.05) is 18.4 Å². The molecule has 0 aliphatic carbocycles. The van der Waals surface area contributed by atoms with Crippen molar-refractivity contribution in [2.24, 2.45) is 5.73 Å². The zero-order valence-electron chi connectivity index (χ0n) is 10.1.